The molecule has 15 heavy (non-hydrogen) atoms. The minimum Gasteiger partial charge on any atom is -0.478 e. The number of hydrogen-bond acceptors (Lipinski definition) is 5. The summed E-state index contributed by atoms with van der Waals surface area (Å²) in [5.74, 6) is -1.05. The fourth-order valence-electron chi connectivity index (χ4n) is 1.07. The predicted molar refractivity (Wildman–Crippen MR) is 52.4 cm³/mol. The van der Waals surface area contributed by atoms with Gasteiger partial charge >= 0.3 is 5.97 Å². The molecule has 0 aliphatic rings. The predicted octanol–water partition coefficient (Wildman–Crippen LogP) is -0.355. The number of carboxylic acid groups (broad SMARTS) is 1. The van der Waals surface area contributed by atoms with Crippen LogP contribution in [-0.2, 0) is 6.54 Å². The van der Waals surface area contributed by atoms with Gasteiger partial charge in [-0.3, -0.25) is 0 Å². The van der Waals surface area contributed by atoms with Crippen molar-refractivity contribution in [1.29, 1.82) is 0 Å². The molecule has 0 fully saturated rings. The van der Waals surface area contributed by atoms with E-state index in [2.05, 4.69) is 15.3 Å². The zero-order valence-corrected chi connectivity index (χ0v) is 8.34. The van der Waals surface area contributed by atoms with Crippen LogP contribution in [0.1, 0.15) is 23.0 Å². The van der Waals surface area contributed by atoms with Crippen LogP contribution >= 0.6 is 0 Å². The zero-order chi connectivity index (χ0) is 11.3. The quantitative estimate of drug-likeness (QED) is 0.616. The van der Waals surface area contributed by atoms with Crippen molar-refractivity contribution in [2.45, 2.75) is 19.6 Å². The molecule has 0 bridgehead atoms. The lowest BCUT2D eigenvalue weighted by atomic mass is 10.2. The van der Waals surface area contributed by atoms with E-state index >= 15 is 0 Å². The summed E-state index contributed by atoms with van der Waals surface area (Å²) in [6.07, 6.45) is 2.08. The van der Waals surface area contributed by atoms with E-state index in [1.807, 2.05) is 0 Å². The fraction of sp³-hybridized carbons (Fsp3) is 0.444. The van der Waals surface area contributed by atoms with E-state index in [9.17, 15) is 4.79 Å². The van der Waals surface area contributed by atoms with Crippen molar-refractivity contribution in [1.82, 2.24) is 15.3 Å². The first-order chi connectivity index (χ1) is 7.11. The number of carbonyl (C=O) groups is 1. The molecule has 6 heteroatoms. The highest BCUT2D eigenvalue weighted by Gasteiger charge is 2.10. The molecule has 0 saturated heterocycles. The van der Waals surface area contributed by atoms with Gasteiger partial charge in [0, 0.05) is 19.3 Å². The minimum atomic E-state index is -1.05. The van der Waals surface area contributed by atoms with Crippen LogP contribution in [-0.4, -0.2) is 38.8 Å². The number of rotatable bonds is 5. The van der Waals surface area contributed by atoms with Crippen molar-refractivity contribution in [3.8, 4) is 0 Å². The lowest BCUT2D eigenvalue weighted by molar-refractivity contribution is 0.0694. The summed E-state index contributed by atoms with van der Waals surface area (Å²) < 4.78 is 0. The number of aliphatic hydroxyl groups is 1. The van der Waals surface area contributed by atoms with E-state index in [0.717, 1.165) is 0 Å². The maximum Gasteiger partial charge on any atom is 0.339 e. The number of aromatic carboxylic acids is 1. The third-order valence-corrected chi connectivity index (χ3v) is 1.76. The summed E-state index contributed by atoms with van der Waals surface area (Å²) >= 11 is 0. The maximum atomic E-state index is 10.8. The molecule has 0 saturated carbocycles. The molecule has 1 aromatic heterocycles. The molecule has 1 rings (SSSR count). The van der Waals surface area contributed by atoms with Crippen molar-refractivity contribution in [2.24, 2.45) is 0 Å². The van der Waals surface area contributed by atoms with Crippen molar-refractivity contribution < 1.29 is 15.0 Å². The van der Waals surface area contributed by atoms with Crippen molar-refractivity contribution in [2.75, 3.05) is 6.54 Å². The van der Waals surface area contributed by atoms with E-state index < -0.39 is 12.1 Å². The molecule has 0 aliphatic heterocycles. The van der Waals surface area contributed by atoms with Gasteiger partial charge in [-0.2, -0.15) is 0 Å². The average molecular weight is 211 g/mol. The highest BCUT2D eigenvalue weighted by Crippen LogP contribution is 2.02. The second kappa shape index (κ2) is 5.38. The van der Waals surface area contributed by atoms with Crippen molar-refractivity contribution in [3.63, 3.8) is 0 Å². The van der Waals surface area contributed by atoms with Crippen LogP contribution in [0.3, 0.4) is 0 Å². The summed E-state index contributed by atoms with van der Waals surface area (Å²) in [6.45, 7) is 2.34. The van der Waals surface area contributed by atoms with Gasteiger partial charge in [-0.05, 0) is 6.92 Å². The van der Waals surface area contributed by atoms with Crippen LogP contribution in [0, 0.1) is 0 Å². The van der Waals surface area contributed by atoms with E-state index in [1.165, 1.54) is 12.5 Å². The summed E-state index contributed by atoms with van der Waals surface area (Å²) in [7, 11) is 0. The van der Waals surface area contributed by atoms with Gasteiger partial charge in [0.2, 0.25) is 0 Å². The molecule has 1 aromatic rings. The SMILES string of the molecule is CC(O)CNCc1ncncc1C(=O)O. The van der Waals surface area contributed by atoms with Crippen LogP contribution in [0.25, 0.3) is 0 Å². The number of carboxylic acids is 1. The van der Waals surface area contributed by atoms with Crippen LogP contribution in [0.4, 0.5) is 0 Å². The van der Waals surface area contributed by atoms with Gasteiger partial charge < -0.3 is 15.5 Å². The van der Waals surface area contributed by atoms with Crippen LogP contribution in [0.15, 0.2) is 12.5 Å². The van der Waals surface area contributed by atoms with Gasteiger partial charge in [0.05, 0.1) is 11.8 Å². The Kier molecular flexibility index (Phi) is 4.14. The first kappa shape index (κ1) is 11.5. The van der Waals surface area contributed by atoms with E-state index in [1.54, 1.807) is 6.92 Å². The zero-order valence-electron chi connectivity index (χ0n) is 8.34. The topological polar surface area (TPSA) is 95.3 Å². The molecule has 0 radical (unpaired) electrons. The van der Waals surface area contributed by atoms with Crippen molar-refractivity contribution in [3.05, 3.63) is 23.8 Å². The minimum absolute atomic E-state index is 0.0793. The molecule has 3 N–H and O–H groups in total. The average Bonchev–Trinajstić information content (AvgIpc) is 2.17. The Morgan fingerprint density at radius 2 is 2.40 bits per heavy atom. The number of nitrogens with one attached hydrogen (secondary N) is 1. The number of nitrogens with zero attached hydrogens (tertiary/aromatic N) is 2. The monoisotopic (exact) mass is 211 g/mol. The largest absolute Gasteiger partial charge is 0.478 e. The van der Waals surface area contributed by atoms with E-state index in [-0.39, 0.29) is 5.56 Å². The Morgan fingerprint density at radius 3 is 3.00 bits per heavy atom. The first-order valence-electron chi connectivity index (χ1n) is 4.52. The van der Waals surface area contributed by atoms with E-state index in [4.69, 9.17) is 10.2 Å². The molecule has 82 valence electrons. The Labute approximate surface area is 87.0 Å². The number of aromatic nitrogens is 2. The van der Waals surface area contributed by atoms with Crippen LogP contribution < -0.4 is 5.32 Å². The first-order valence-corrected chi connectivity index (χ1v) is 4.52. The Morgan fingerprint density at radius 1 is 1.67 bits per heavy atom. The van der Waals surface area contributed by atoms with Gasteiger partial charge in [-0.1, -0.05) is 0 Å². The second-order valence-electron chi connectivity index (χ2n) is 3.17. The molecule has 0 aromatic carbocycles. The smallest absolute Gasteiger partial charge is 0.339 e. The number of aliphatic hydroxyl groups excluding tert-OH is 1. The van der Waals surface area contributed by atoms with Crippen LogP contribution in [0.5, 0.6) is 0 Å². The molecule has 0 aliphatic carbocycles. The maximum absolute atomic E-state index is 10.8. The molecular weight excluding hydrogens is 198 g/mol. The van der Waals surface area contributed by atoms with E-state index in [0.29, 0.717) is 18.8 Å². The highest BCUT2D eigenvalue weighted by molar-refractivity contribution is 5.88. The Balaban J connectivity index is 2.63. The molecule has 1 atom stereocenters. The van der Waals surface area contributed by atoms with Gasteiger partial charge in [0.25, 0.3) is 0 Å². The molecule has 1 heterocycles. The lowest BCUT2D eigenvalue weighted by Crippen LogP contribution is -2.25. The van der Waals surface area contributed by atoms with Gasteiger partial charge in [0.15, 0.2) is 0 Å². The summed E-state index contributed by atoms with van der Waals surface area (Å²) in [5.41, 5.74) is 0.494. The Hall–Kier alpha value is -1.53. The normalized spacial score (nSPS) is 12.4. The lowest BCUT2D eigenvalue weighted by Gasteiger charge is -2.07. The summed E-state index contributed by atoms with van der Waals surface area (Å²) in [6, 6.07) is 0. The summed E-state index contributed by atoms with van der Waals surface area (Å²) in [4.78, 5) is 18.3. The van der Waals surface area contributed by atoms with Gasteiger partial charge in [-0.15, -0.1) is 0 Å². The summed E-state index contributed by atoms with van der Waals surface area (Å²) in [5, 5.41) is 20.7. The fourth-order valence-corrected chi connectivity index (χ4v) is 1.07. The second-order valence-corrected chi connectivity index (χ2v) is 3.17. The third kappa shape index (κ3) is 3.61. The van der Waals surface area contributed by atoms with Crippen LogP contribution in [0.2, 0.25) is 0 Å². The van der Waals surface area contributed by atoms with Crippen molar-refractivity contribution >= 4 is 5.97 Å². The standard InChI is InChI=1S/C9H13N3O3/c1-6(13)2-10-4-8-7(9(14)15)3-11-5-12-8/h3,5-6,10,13H,2,4H2,1H3,(H,14,15). The number of hydrogen-bond donors (Lipinski definition) is 3. The third-order valence-electron chi connectivity index (χ3n) is 1.76. The van der Waals surface area contributed by atoms with Gasteiger partial charge in [-0.25, -0.2) is 14.8 Å². The Bertz CT molecular complexity index is 341. The van der Waals surface area contributed by atoms with Gasteiger partial charge in [0.1, 0.15) is 11.9 Å². The molecule has 1 unspecified atom stereocenters. The molecule has 6 nitrogen and oxygen atoms in total. The highest BCUT2D eigenvalue weighted by atomic mass is 16.4. The molecule has 0 spiro atoms. The molecular formula is C9H13N3O3. The molecule has 0 amide bonds.